The van der Waals surface area contributed by atoms with Crippen molar-refractivity contribution in [3.63, 3.8) is 0 Å². The molecule has 0 fully saturated rings. The summed E-state index contributed by atoms with van der Waals surface area (Å²) in [5.41, 5.74) is -0.750. The molecular formula is C4H10KNaO. The molecule has 0 aromatic rings. The Morgan fingerprint density at radius 3 is 1.14 bits per heavy atom. The molecule has 0 bridgehead atoms. The molecule has 0 saturated heterocycles. The third kappa shape index (κ3) is 55.5. The minimum absolute atomic E-state index is 0. The Morgan fingerprint density at radius 1 is 1.14 bits per heavy atom. The van der Waals surface area contributed by atoms with Crippen LogP contribution in [0.1, 0.15) is 20.8 Å². The van der Waals surface area contributed by atoms with Crippen molar-refractivity contribution in [2.24, 2.45) is 0 Å². The van der Waals surface area contributed by atoms with Crippen molar-refractivity contribution in [3.8, 4) is 0 Å². The topological polar surface area (TPSA) is 23.1 Å². The van der Waals surface area contributed by atoms with E-state index in [4.69, 9.17) is 0 Å². The van der Waals surface area contributed by atoms with E-state index < -0.39 is 5.60 Å². The molecule has 0 aliphatic heterocycles. The van der Waals surface area contributed by atoms with Gasteiger partial charge in [0.1, 0.15) is 0 Å². The summed E-state index contributed by atoms with van der Waals surface area (Å²) in [7, 11) is 0. The van der Waals surface area contributed by atoms with Crippen molar-refractivity contribution in [3.05, 3.63) is 0 Å². The second kappa shape index (κ2) is 6.71. The molecule has 7 heavy (non-hydrogen) atoms. The van der Waals surface area contributed by atoms with Gasteiger partial charge in [0.15, 0.2) is 0 Å². The minimum atomic E-state index is -0.750. The molecule has 0 saturated carbocycles. The fourth-order valence-corrected chi connectivity index (χ4v) is 0. The van der Waals surface area contributed by atoms with Crippen LogP contribution in [0.15, 0.2) is 0 Å². The third-order valence-corrected chi connectivity index (χ3v) is 0. The first kappa shape index (κ1) is 16.3. The number of rotatable bonds is 0. The molecule has 0 radical (unpaired) electrons. The monoisotopic (exact) mass is 136 g/mol. The first-order valence-corrected chi connectivity index (χ1v) is 1.70. The molecule has 0 spiro atoms. The predicted molar refractivity (Wildman–Crippen MR) is 26.9 cm³/mol. The van der Waals surface area contributed by atoms with Crippen LogP contribution in [0.3, 0.4) is 0 Å². The van der Waals surface area contributed by atoms with Crippen LogP contribution in [-0.4, -0.2) is 35.2 Å². The summed E-state index contributed by atoms with van der Waals surface area (Å²) < 4.78 is 0. The van der Waals surface area contributed by atoms with Crippen LogP contribution in [0.5, 0.6) is 0 Å². The fourth-order valence-electron chi connectivity index (χ4n) is 0. The molecule has 0 heterocycles. The molecule has 34 valence electrons. The molecule has 3 heteroatoms. The number of hydrogen-bond donors (Lipinski definition) is 0. The zero-order chi connectivity index (χ0) is 4.50. The van der Waals surface area contributed by atoms with Crippen molar-refractivity contribution in [1.82, 2.24) is 0 Å². The summed E-state index contributed by atoms with van der Waals surface area (Å²) in [6, 6.07) is 0. The molecule has 0 N–H and O–H groups in total. The van der Waals surface area contributed by atoms with Gasteiger partial charge in [0.25, 0.3) is 0 Å². The predicted octanol–water partition coefficient (Wildman–Crippen LogP) is -3.50. The Balaban J connectivity index is -0.0000000800. The van der Waals surface area contributed by atoms with Gasteiger partial charge < -0.3 is 5.11 Å². The van der Waals surface area contributed by atoms with Crippen molar-refractivity contribution in [1.29, 1.82) is 0 Å². The van der Waals surface area contributed by atoms with Gasteiger partial charge in [0.05, 0.1) is 0 Å². The molecule has 0 aliphatic carbocycles. The second-order valence-electron chi connectivity index (χ2n) is 2.11. The summed E-state index contributed by atoms with van der Waals surface area (Å²) in [5.74, 6) is 0. The molecular weight excluding hydrogens is 126 g/mol. The van der Waals surface area contributed by atoms with E-state index >= 15 is 0 Å². The van der Waals surface area contributed by atoms with Gasteiger partial charge in [-0.25, -0.2) is 0 Å². The molecule has 0 aromatic heterocycles. The van der Waals surface area contributed by atoms with Crippen LogP contribution in [0.4, 0.5) is 0 Å². The van der Waals surface area contributed by atoms with Crippen molar-refractivity contribution >= 4 is 29.6 Å². The third-order valence-electron chi connectivity index (χ3n) is 0. The van der Waals surface area contributed by atoms with E-state index in [9.17, 15) is 5.11 Å². The average molecular weight is 136 g/mol. The molecule has 0 aromatic carbocycles. The SMILES string of the molecule is CC(C)(C)[O-].[K+].[NaH]. The van der Waals surface area contributed by atoms with Crippen LogP contribution in [0.2, 0.25) is 0 Å². The van der Waals surface area contributed by atoms with Crippen LogP contribution >= 0.6 is 0 Å². The summed E-state index contributed by atoms with van der Waals surface area (Å²) in [4.78, 5) is 0. The number of hydrogen-bond acceptors (Lipinski definition) is 1. The van der Waals surface area contributed by atoms with Gasteiger partial charge in [-0.1, -0.05) is 20.8 Å². The van der Waals surface area contributed by atoms with Crippen LogP contribution in [0.25, 0.3) is 0 Å². The summed E-state index contributed by atoms with van der Waals surface area (Å²) in [6.45, 7) is 4.90. The van der Waals surface area contributed by atoms with Gasteiger partial charge in [0, 0.05) is 0 Å². The van der Waals surface area contributed by atoms with E-state index in [-0.39, 0.29) is 80.9 Å². The Morgan fingerprint density at radius 2 is 1.14 bits per heavy atom. The van der Waals surface area contributed by atoms with Crippen LogP contribution < -0.4 is 56.5 Å². The van der Waals surface area contributed by atoms with E-state index in [0.717, 1.165) is 0 Å². The van der Waals surface area contributed by atoms with E-state index in [0.29, 0.717) is 0 Å². The van der Waals surface area contributed by atoms with Gasteiger partial charge in [-0.2, -0.15) is 0 Å². The zero-order valence-electron chi connectivity index (χ0n) is 4.91. The van der Waals surface area contributed by atoms with Gasteiger partial charge in [0.2, 0.25) is 0 Å². The maximum absolute atomic E-state index is 10.1. The van der Waals surface area contributed by atoms with E-state index in [2.05, 4.69) is 0 Å². The summed E-state index contributed by atoms with van der Waals surface area (Å²) in [5, 5.41) is 10.1. The van der Waals surface area contributed by atoms with Crippen molar-refractivity contribution in [2.45, 2.75) is 26.4 Å². The standard InChI is InChI=1S/C4H9O.K.Na.H/c1-4(2,3)5;;;/h1-3H3;;;/q-1;+1;;. The Kier molecular flexibility index (Phi) is 15.6. The quantitative estimate of drug-likeness (QED) is 0.317. The molecule has 1 nitrogen and oxygen atoms in total. The molecule has 0 rings (SSSR count). The van der Waals surface area contributed by atoms with Gasteiger partial charge in [-0.05, 0) is 0 Å². The molecule has 0 unspecified atom stereocenters. The Bertz CT molecular complexity index is 27.2. The van der Waals surface area contributed by atoms with Crippen molar-refractivity contribution in [2.75, 3.05) is 0 Å². The van der Waals surface area contributed by atoms with Crippen LogP contribution in [0, 0.1) is 0 Å². The summed E-state index contributed by atoms with van der Waals surface area (Å²) in [6.07, 6.45) is 0. The zero-order valence-corrected chi connectivity index (χ0v) is 8.03. The Hall–Kier alpha value is 2.60. The average Bonchev–Trinajstić information content (AvgIpc) is 0.722. The van der Waals surface area contributed by atoms with E-state index in [1.165, 1.54) is 0 Å². The Labute approximate surface area is 110 Å². The molecule has 0 aliphatic rings. The van der Waals surface area contributed by atoms with Crippen LogP contribution in [-0.2, 0) is 0 Å². The summed E-state index contributed by atoms with van der Waals surface area (Å²) >= 11 is 0. The first-order chi connectivity index (χ1) is 2.00. The maximum atomic E-state index is 10.1. The van der Waals surface area contributed by atoms with Gasteiger partial charge >= 0.3 is 80.9 Å². The molecule has 0 atom stereocenters. The molecule has 0 amide bonds. The second-order valence-corrected chi connectivity index (χ2v) is 2.11. The fraction of sp³-hybridized carbons (Fsp3) is 1.00. The first-order valence-electron chi connectivity index (χ1n) is 1.70. The van der Waals surface area contributed by atoms with Crippen molar-refractivity contribution < 1.29 is 56.5 Å². The van der Waals surface area contributed by atoms with E-state index in [1.807, 2.05) is 0 Å². The van der Waals surface area contributed by atoms with Gasteiger partial charge in [-0.3, -0.25) is 0 Å². The van der Waals surface area contributed by atoms with Gasteiger partial charge in [-0.15, -0.1) is 5.60 Å². The normalized spacial score (nSPS) is 8.57. The van der Waals surface area contributed by atoms with E-state index in [1.54, 1.807) is 20.8 Å².